The normalized spacial score (nSPS) is 15.9. The maximum absolute atomic E-state index is 5.71. The monoisotopic (exact) mass is 383 g/mol. The first-order valence-electron chi connectivity index (χ1n) is 10.2. The van der Waals surface area contributed by atoms with Crippen LogP contribution in [0, 0.1) is 11.5 Å². The van der Waals surface area contributed by atoms with Gasteiger partial charge in [0.2, 0.25) is 0 Å². The van der Waals surface area contributed by atoms with Gasteiger partial charge in [0.1, 0.15) is 8.07 Å². The fraction of sp³-hybridized carbons (Fsp3) is 0.565. The number of para-hydroxylation sites is 1. The largest absolute Gasteiger partial charge is 0.348 e. The van der Waals surface area contributed by atoms with Crippen molar-refractivity contribution in [3.63, 3.8) is 0 Å². The zero-order chi connectivity index (χ0) is 19.6. The summed E-state index contributed by atoms with van der Waals surface area (Å²) in [5.74, 6) is 3.63. The van der Waals surface area contributed by atoms with Crippen molar-refractivity contribution in [2.75, 3.05) is 13.2 Å². The van der Waals surface area contributed by atoms with Gasteiger partial charge in [-0.3, -0.25) is 0 Å². The molecule has 0 radical (unpaired) electrons. The summed E-state index contributed by atoms with van der Waals surface area (Å²) in [7, 11) is -1.76. The molecule has 1 fully saturated rings. The van der Waals surface area contributed by atoms with Crippen molar-refractivity contribution in [2.45, 2.75) is 71.0 Å². The van der Waals surface area contributed by atoms with Crippen molar-refractivity contribution < 1.29 is 9.47 Å². The maximum Gasteiger partial charge on any atom is 0.175 e. The second kappa shape index (κ2) is 8.22. The fourth-order valence-electron chi connectivity index (χ4n) is 4.78. The van der Waals surface area contributed by atoms with Crippen molar-refractivity contribution >= 4 is 19.0 Å². The molecule has 0 saturated carbocycles. The molecule has 3 rings (SSSR count). The Hall–Kier alpha value is -1.54. The minimum Gasteiger partial charge on any atom is -0.348 e. The number of ether oxygens (including phenoxy) is 2. The van der Waals surface area contributed by atoms with E-state index in [9.17, 15) is 0 Å². The highest BCUT2D eigenvalue weighted by Crippen LogP contribution is 2.40. The van der Waals surface area contributed by atoms with E-state index in [2.05, 4.69) is 87.9 Å². The van der Waals surface area contributed by atoms with Gasteiger partial charge in [0.15, 0.2) is 6.29 Å². The van der Waals surface area contributed by atoms with Crippen molar-refractivity contribution in [1.29, 1.82) is 0 Å². The van der Waals surface area contributed by atoms with Crippen LogP contribution in [0.25, 0.3) is 10.9 Å². The van der Waals surface area contributed by atoms with Gasteiger partial charge in [-0.2, -0.15) is 0 Å². The third-order valence-corrected chi connectivity index (χ3v) is 12.4. The van der Waals surface area contributed by atoms with Crippen LogP contribution in [0.1, 0.15) is 47.2 Å². The van der Waals surface area contributed by atoms with Gasteiger partial charge in [0.05, 0.1) is 25.5 Å². The first kappa shape index (κ1) is 20.2. The topological polar surface area (TPSA) is 23.4 Å². The molecule has 0 N–H and O–H groups in total. The van der Waals surface area contributed by atoms with Crippen LogP contribution in [-0.4, -0.2) is 32.1 Å². The molecule has 0 bridgehead atoms. The molecule has 0 unspecified atom stereocenters. The first-order chi connectivity index (χ1) is 12.9. The van der Waals surface area contributed by atoms with E-state index in [4.69, 9.17) is 9.47 Å². The van der Waals surface area contributed by atoms with Crippen LogP contribution >= 0.6 is 0 Å². The lowest BCUT2D eigenvalue weighted by atomic mass is 10.2. The number of fused-ring (bicyclic) bond motifs is 1. The van der Waals surface area contributed by atoms with Crippen LogP contribution < -0.4 is 0 Å². The Morgan fingerprint density at radius 1 is 1.00 bits per heavy atom. The van der Waals surface area contributed by atoms with E-state index in [1.807, 2.05) is 0 Å². The average molecular weight is 384 g/mol. The van der Waals surface area contributed by atoms with E-state index in [-0.39, 0.29) is 6.29 Å². The number of nitrogens with zero attached hydrogens (tertiary/aromatic N) is 1. The van der Waals surface area contributed by atoms with Gasteiger partial charge >= 0.3 is 0 Å². The van der Waals surface area contributed by atoms with Crippen LogP contribution in [0.2, 0.25) is 16.6 Å². The molecule has 2 heterocycles. The van der Waals surface area contributed by atoms with Crippen LogP contribution in [-0.2, 0) is 16.0 Å². The molecular formula is C23H33NO2Si. The second-order valence-electron chi connectivity index (χ2n) is 8.52. The Kier molecular flexibility index (Phi) is 6.15. The minimum atomic E-state index is -1.76. The van der Waals surface area contributed by atoms with E-state index in [0.717, 1.165) is 5.69 Å². The van der Waals surface area contributed by atoms with Crippen LogP contribution in [0.4, 0.5) is 0 Å². The molecule has 1 aliphatic rings. The van der Waals surface area contributed by atoms with E-state index >= 15 is 0 Å². The van der Waals surface area contributed by atoms with Gasteiger partial charge in [-0.1, -0.05) is 65.7 Å². The van der Waals surface area contributed by atoms with Gasteiger partial charge in [-0.25, -0.2) is 0 Å². The van der Waals surface area contributed by atoms with Crippen LogP contribution in [0.3, 0.4) is 0 Å². The number of hydrogen-bond donors (Lipinski definition) is 0. The summed E-state index contributed by atoms with van der Waals surface area (Å²) >= 11 is 0. The molecule has 0 amide bonds. The third-order valence-electron chi connectivity index (χ3n) is 6.11. The minimum absolute atomic E-state index is 0.177. The maximum atomic E-state index is 5.71. The van der Waals surface area contributed by atoms with E-state index in [1.165, 1.54) is 10.9 Å². The van der Waals surface area contributed by atoms with Crippen LogP contribution in [0.5, 0.6) is 0 Å². The lowest BCUT2D eigenvalue weighted by molar-refractivity contribution is -0.0518. The van der Waals surface area contributed by atoms with Gasteiger partial charge in [0, 0.05) is 10.9 Å². The lowest BCUT2D eigenvalue weighted by Crippen LogP contribution is -2.43. The summed E-state index contributed by atoms with van der Waals surface area (Å²) in [6, 6.07) is 10.7. The Morgan fingerprint density at radius 2 is 1.59 bits per heavy atom. The van der Waals surface area contributed by atoms with Gasteiger partial charge < -0.3 is 14.0 Å². The van der Waals surface area contributed by atoms with Gasteiger partial charge in [-0.05, 0) is 28.8 Å². The Balaban J connectivity index is 2.07. The number of benzene rings is 1. The molecule has 0 spiro atoms. The summed E-state index contributed by atoms with van der Waals surface area (Å²) in [5, 5.41) is 1.23. The number of aromatic nitrogens is 1. The van der Waals surface area contributed by atoms with Gasteiger partial charge in [-0.15, -0.1) is 5.54 Å². The summed E-state index contributed by atoms with van der Waals surface area (Å²) < 4.78 is 13.7. The average Bonchev–Trinajstić information content (AvgIpc) is 3.23. The van der Waals surface area contributed by atoms with Crippen molar-refractivity contribution in [3.8, 4) is 11.5 Å². The second-order valence-corrected chi connectivity index (χ2v) is 14.1. The molecule has 1 aromatic carbocycles. The Morgan fingerprint density at radius 3 is 2.19 bits per heavy atom. The van der Waals surface area contributed by atoms with Crippen LogP contribution in [0.15, 0.2) is 30.3 Å². The lowest BCUT2D eigenvalue weighted by Gasteiger charge is -2.38. The highest BCUT2D eigenvalue weighted by atomic mass is 28.3. The number of rotatable bonds is 5. The third kappa shape index (κ3) is 3.87. The SMILES string of the molecule is CC(C)[Si](C#Cc1cc2ccccc2n1CC1OCCO1)(C(C)C)C(C)C. The molecule has 1 aromatic heterocycles. The molecule has 0 atom stereocenters. The molecule has 0 aliphatic carbocycles. The predicted molar refractivity (Wildman–Crippen MR) is 116 cm³/mol. The zero-order valence-electron chi connectivity index (χ0n) is 17.6. The standard InChI is InChI=1S/C23H33NO2Si/c1-17(2)27(18(3)4,19(5)6)14-11-21-15-20-9-7-8-10-22(20)24(21)16-23-25-12-13-26-23/h7-10,15,17-19,23H,12-13,16H2,1-6H3. The summed E-state index contributed by atoms with van der Waals surface area (Å²) in [5.41, 5.74) is 8.03. The predicted octanol–water partition coefficient (Wildman–Crippen LogP) is 5.58. The zero-order valence-corrected chi connectivity index (χ0v) is 18.6. The molecule has 3 nitrogen and oxygen atoms in total. The quantitative estimate of drug-likeness (QED) is 0.497. The molecule has 2 aromatic rings. The Labute approximate surface area is 165 Å². The molecule has 1 saturated heterocycles. The first-order valence-corrected chi connectivity index (χ1v) is 12.4. The van der Waals surface area contributed by atoms with Gasteiger partial charge in [0.25, 0.3) is 0 Å². The van der Waals surface area contributed by atoms with E-state index in [1.54, 1.807) is 0 Å². The molecule has 146 valence electrons. The highest BCUT2D eigenvalue weighted by Gasteiger charge is 2.41. The summed E-state index contributed by atoms with van der Waals surface area (Å²) in [4.78, 5) is 0. The fourth-order valence-corrected chi connectivity index (χ4v) is 9.99. The molecule has 1 aliphatic heterocycles. The number of hydrogen-bond acceptors (Lipinski definition) is 2. The smallest absolute Gasteiger partial charge is 0.175 e. The van der Waals surface area contributed by atoms with Crippen molar-refractivity contribution in [3.05, 3.63) is 36.0 Å². The molecular weight excluding hydrogens is 350 g/mol. The molecule has 4 heteroatoms. The Bertz CT molecular complexity index is 813. The summed E-state index contributed by atoms with van der Waals surface area (Å²) in [6.45, 7) is 16.2. The van der Waals surface area contributed by atoms with Crippen molar-refractivity contribution in [2.24, 2.45) is 0 Å². The molecule has 27 heavy (non-hydrogen) atoms. The van der Waals surface area contributed by atoms with E-state index in [0.29, 0.717) is 36.4 Å². The van der Waals surface area contributed by atoms with E-state index < -0.39 is 8.07 Å². The van der Waals surface area contributed by atoms with Crippen molar-refractivity contribution in [1.82, 2.24) is 4.57 Å². The highest BCUT2D eigenvalue weighted by molar-refractivity contribution is 6.90. The summed E-state index contributed by atoms with van der Waals surface area (Å²) in [6.07, 6.45) is -0.177.